The second-order valence-corrected chi connectivity index (χ2v) is 4.82. The second kappa shape index (κ2) is 5.92. The lowest BCUT2D eigenvalue weighted by atomic mass is 10.0. The first kappa shape index (κ1) is 14.3. The molecule has 0 aromatic heterocycles. The zero-order valence-corrected chi connectivity index (χ0v) is 10.8. The predicted octanol–water partition coefficient (Wildman–Crippen LogP) is 3.54. The number of halogens is 3. The van der Waals surface area contributed by atoms with E-state index in [0.29, 0.717) is 12.1 Å². The van der Waals surface area contributed by atoms with Crippen LogP contribution >= 0.6 is 0 Å². The lowest BCUT2D eigenvalue weighted by molar-refractivity contribution is -0.137. The molecule has 0 bridgehead atoms. The summed E-state index contributed by atoms with van der Waals surface area (Å²) < 4.78 is 43.9. The van der Waals surface area contributed by atoms with Crippen LogP contribution in [0.5, 0.6) is 0 Å². The van der Waals surface area contributed by atoms with E-state index in [2.05, 4.69) is 12.2 Å². The molecule has 0 aliphatic carbocycles. The van der Waals surface area contributed by atoms with Gasteiger partial charge in [-0.25, -0.2) is 0 Å². The zero-order chi connectivity index (χ0) is 13.9. The fraction of sp³-hybridized carbons (Fsp3) is 0.571. The van der Waals surface area contributed by atoms with Crippen LogP contribution in [-0.2, 0) is 10.9 Å². The number of morpholine rings is 1. The van der Waals surface area contributed by atoms with Crippen LogP contribution in [0.2, 0.25) is 0 Å². The minimum atomic E-state index is -4.30. The van der Waals surface area contributed by atoms with Crippen molar-refractivity contribution in [2.24, 2.45) is 0 Å². The molecule has 2 atom stereocenters. The topological polar surface area (TPSA) is 21.3 Å². The van der Waals surface area contributed by atoms with Gasteiger partial charge in [-0.15, -0.1) is 0 Å². The summed E-state index contributed by atoms with van der Waals surface area (Å²) in [5, 5.41) is 3.22. The second-order valence-electron chi connectivity index (χ2n) is 4.82. The Morgan fingerprint density at radius 3 is 2.79 bits per heavy atom. The molecule has 1 aromatic carbocycles. The molecule has 1 N–H and O–H groups in total. The summed E-state index contributed by atoms with van der Waals surface area (Å²) in [6.45, 7) is 3.39. The van der Waals surface area contributed by atoms with Crippen LogP contribution in [0.15, 0.2) is 24.3 Å². The van der Waals surface area contributed by atoms with E-state index in [1.807, 2.05) is 0 Å². The fourth-order valence-electron chi connectivity index (χ4n) is 2.31. The van der Waals surface area contributed by atoms with Crippen molar-refractivity contribution in [1.82, 2.24) is 5.32 Å². The standard InChI is InChI=1S/C14H18F3NO/c1-2-4-12-8-18-9-13(19-12)10-5-3-6-11(7-10)14(15,16)17/h3,5-7,12-13,18H,2,4,8-9H2,1H3. The summed E-state index contributed by atoms with van der Waals surface area (Å²) in [5.41, 5.74) is -0.0330. The van der Waals surface area contributed by atoms with Crippen LogP contribution in [0.25, 0.3) is 0 Å². The molecule has 106 valence electrons. The van der Waals surface area contributed by atoms with Gasteiger partial charge in [-0.3, -0.25) is 0 Å². The summed E-state index contributed by atoms with van der Waals surface area (Å²) in [6, 6.07) is 5.39. The number of hydrogen-bond acceptors (Lipinski definition) is 2. The molecule has 0 saturated carbocycles. The molecule has 1 fully saturated rings. The first-order valence-corrected chi connectivity index (χ1v) is 6.54. The molecule has 2 nitrogen and oxygen atoms in total. The molecule has 0 spiro atoms. The first-order valence-electron chi connectivity index (χ1n) is 6.54. The Morgan fingerprint density at radius 2 is 2.11 bits per heavy atom. The van der Waals surface area contributed by atoms with Crippen LogP contribution in [0.4, 0.5) is 13.2 Å². The third-order valence-corrected chi connectivity index (χ3v) is 3.25. The molecular weight excluding hydrogens is 255 g/mol. The summed E-state index contributed by atoms with van der Waals surface area (Å²) >= 11 is 0. The molecule has 19 heavy (non-hydrogen) atoms. The number of ether oxygens (including phenoxy) is 1. The van der Waals surface area contributed by atoms with Crippen molar-refractivity contribution in [2.75, 3.05) is 13.1 Å². The van der Waals surface area contributed by atoms with Gasteiger partial charge in [0.25, 0.3) is 0 Å². The van der Waals surface area contributed by atoms with Crippen molar-refractivity contribution in [1.29, 1.82) is 0 Å². The molecule has 1 aliphatic rings. The van der Waals surface area contributed by atoms with Crippen LogP contribution in [-0.4, -0.2) is 19.2 Å². The maximum Gasteiger partial charge on any atom is 0.416 e. The van der Waals surface area contributed by atoms with E-state index in [1.54, 1.807) is 6.07 Å². The Balaban J connectivity index is 2.13. The minimum absolute atomic E-state index is 0.0818. The molecule has 0 radical (unpaired) electrons. The summed E-state index contributed by atoms with van der Waals surface area (Å²) in [4.78, 5) is 0. The Bertz CT molecular complexity index is 417. The highest BCUT2D eigenvalue weighted by Gasteiger charge is 2.31. The lowest BCUT2D eigenvalue weighted by Gasteiger charge is -2.31. The number of alkyl halides is 3. The van der Waals surface area contributed by atoms with Crippen LogP contribution in [0, 0.1) is 0 Å². The SMILES string of the molecule is CCCC1CNCC(c2cccc(C(F)(F)F)c2)O1. The number of hydrogen-bond donors (Lipinski definition) is 1. The van der Waals surface area contributed by atoms with E-state index in [4.69, 9.17) is 4.74 Å². The molecule has 5 heteroatoms. The van der Waals surface area contributed by atoms with E-state index in [-0.39, 0.29) is 12.2 Å². The van der Waals surface area contributed by atoms with Crippen molar-refractivity contribution in [2.45, 2.75) is 38.1 Å². The fourth-order valence-corrected chi connectivity index (χ4v) is 2.31. The highest BCUT2D eigenvalue weighted by molar-refractivity contribution is 5.27. The normalized spacial score (nSPS) is 24.4. The van der Waals surface area contributed by atoms with Crippen molar-refractivity contribution in [3.05, 3.63) is 35.4 Å². The van der Waals surface area contributed by atoms with Crippen molar-refractivity contribution in [3.8, 4) is 0 Å². The van der Waals surface area contributed by atoms with E-state index in [0.717, 1.165) is 25.5 Å². The van der Waals surface area contributed by atoms with Gasteiger partial charge in [0, 0.05) is 13.1 Å². The average Bonchev–Trinajstić information content (AvgIpc) is 2.39. The molecule has 2 unspecified atom stereocenters. The Kier molecular flexibility index (Phi) is 4.47. The average molecular weight is 273 g/mol. The van der Waals surface area contributed by atoms with Gasteiger partial charge in [0.05, 0.1) is 17.8 Å². The quantitative estimate of drug-likeness (QED) is 0.909. The molecule has 2 rings (SSSR count). The van der Waals surface area contributed by atoms with E-state index in [9.17, 15) is 13.2 Å². The van der Waals surface area contributed by atoms with E-state index in [1.165, 1.54) is 12.1 Å². The highest BCUT2D eigenvalue weighted by atomic mass is 19.4. The van der Waals surface area contributed by atoms with Crippen molar-refractivity contribution < 1.29 is 17.9 Å². The third kappa shape index (κ3) is 3.70. The third-order valence-electron chi connectivity index (χ3n) is 3.25. The molecule has 1 aliphatic heterocycles. The zero-order valence-electron chi connectivity index (χ0n) is 10.8. The summed E-state index contributed by atoms with van der Waals surface area (Å²) in [7, 11) is 0. The summed E-state index contributed by atoms with van der Waals surface area (Å²) in [6.07, 6.45) is -2.60. The van der Waals surface area contributed by atoms with Gasteiger partial charge in [0.1, 0.15) is 0 Å². The van der Waals surface area contributed by atoms with Crippen LogP contribution in [0.1, 0.15) is 37.0 Å². The summed E-state index contributed by atoms with van der Waals surface area (Å²) in [5.74, 6) is 0. The minimum Gasteiger partial charge on any atom is -0.368 e. The smallest absolute Gasteiger partial charge is 0.368 e. The molecule has 0 amide bonds. The number of rotatable bonds is 3. The Hall–Kier alpha value is -1.07. The molecule has 1 saturated heterocycles. The van der Waals surface area contributed by atoms with Gasteiger partial charge >= 0.3 is 6.18 Å². The number of nitrogens with one attached hydrogen (secondary N) is 1. The first-order chi connectivity index (χ1) is 9.00. The monoisotopic (exact) mass is 273 g/mol. The Labute approximate surface area is 111 Å². The van der Waals surface area contributed by atoms with Gasteiger partial charge < -0.3 is 10.1 Å². The van der Waals surface area contributed by atoms with E-state index < -0.39 is 11.7 Å². The maximum absolute atomic E-state index is 12.7. The van der Waals surface area contributed by atoms with Gasteiger partial charge in [-0.2, -0.15) is 13.2 Å². The van der Waals surface area contributed by atoms with Gasteiger partial charge in [-0.1, -0.05) is 25.5 Å². The largest absolute Gasteiger partial charge is 0.416 e. The number of benzene rings is 1. The predicted molar refractivity (Wildman–Crippen MR) is 66.8 cm³/mol. The maximum atomic E-state index is 12.7. The van der Waals surface area contributed by atoms with E-state index >= 15 is 0 Å². The van der Waals surface area contributed by atoms with Gasteiger partial charge in [0.2, 0.25) is 0 Å². The van der Waals surface area contributed by atoms with Crippen molar-refractivity contribution >= 4 is 0 Å². The highest BCUT2D eigenvalue weighted by Crippen LogP contribution is 2.32. The molecule has 1 aromatic rings. The van der Waals surface area contributed by atoms with Crippen molar-refractivity contribution in [3.63, 3.8) is 0 Å². The lowest BCUT2D eigenvalue weighted by Crippen LogP contribution is -2.40. The molecular formula is C14H18F3NO. The Morgan fingerprint density at radius 1 is 1.32 bits per heavy atom. The molecule has 1 heterocycles. The van der Waals surface area contributed by atoms with Crippen LogP contribution in [0.3, 0.4) is 0 Å². The van der Waals surface area contributed by atoms with Gasteiger partial charge in [0.15, 0.2) is 0 Å². The van der Waals surface area contributed by atoms with Gasteiger partial charge in [-0.05, 0) is 24.1 Å². The van der Waals surface area contributed by atoms with Crippen LogP contribution < -0.4 is 5.32 Å².